The molecule has 47 heavy (non-hydrogen) atoms. The lowest BCUT2D eigenvalue weighted by Crippen LogP contribution is -2.46. The summed E-state index contributed by atoms with van der Waals surface area (Å²) in [5.74, 6) is -0.389. The summed E-state index contributed by atoms with van der Waals surface area (Å²) in [7, 11) is 1.58. The third-order valence-corrected chi connectivity index (χ3v) is 9.39. The van der Waals surface area contributed by atoms with Gasteiger partial charge in [0.05, 0.1) is 36.7 Å². The summed E-state index contributed by atoms with van der Waals surface area (Å²) in [5, 5.41) is 31.8. The van der Waals surface area contributed by atoms with Gasteiger partial charge in [0.2, 0.25) is 0 Å². The summed E-state index contributed by atoms with van der Waals surface area (Å²) < 4.78 is 13.7. The first kappa shape index (κ1) is 32.4. The average Bonchev–Trinajstić information content (AvgIpc) is 3.71. The Morgan fingerprint density at radius 3 is 2.49 bits per heavy atom. The lowest BCUT2D eigenvalue weighted by atomic mass is 9.71. The molecule has 246 valence electrons. The number of aliphatic hydroxyl groups is 2. The van der Waals surface area contributed by atoms with E-state index in [1.165, 1.54) is 0 Å². The van der Waals surface area contributed by atoms with Gasteiger partial charge in [-0.1, -0.05) is 42.5 Å². The van der Waals surface area contributed by atoms with Crippen LogP contribution in [0.4, 0.5) is 11.4 Å². The largest absolute Gasteiger partial charge is 0.497 e. The number of anilines is 2. The molecule has 0 bridgehead atoms. The Bertz CT molecular complexity index is 1730. The number of nitrogens with zero attached hydrogens (tertiary/aromatic N) is 4. The number of para-hydroxylation sites is 1. The monoisotopic (exact) mass is 639 g/mol. The highest BCUT2D eigenvalue weighted by Crippen LogP contribution is 2.57. The van der Waals surface area contributed by atoms with Crippen molar-refractivity contribution >= 4 is 23.2 Å². The first-order chi connectivity index (χ1) is 22.5. The molecule has 2 aliphatic heterocycles. The Kier molecular flexibility index (Phi) is 8.88. The van der Waals surface area contributed by atoms with Crippen LogP contribution >= 0.6 is 0 Å². The maximum atomic E-state index is 14.6. The number of amides is 2. The molecular formula is C36H41N5O6. The van der Waals surface area contributed by atoms with Crippen molar-refractivity contribution in [3.05, 3.63) is 101 Å². The van der Waals surface area contributed by atoms with Crippen LogP contribution in [0.25, 0.3) is 0 Å². The second-order valence-corrected chi connectivity index (χ2v) is 12.9. The Labute approximate surface area is 274 Å². The number of aryl methyl sites for hydroxylation is 1. The summed E-state index contributed by atoms with van der Waals surface area (Å²) >= 11 is 0. The molecule has 3 aromatic carbocycles. The quantitative estimate of drug-likeness (QED) is 0.221. The van der Waals surface area contributed by atoms with E-state index in [1.807, 2.05) is 55.5 Å². The first-order valence-electron chi connectivity index (χ1n) is 15.9. The summed E-state index contributed by atoms with van der Waals surface area (Å²) in [6.45, 7) is 6.33. The SMILES string of the molecule is COc1ccc(C(=O)Nc2ccc(CN3C(=O)[C@]4(O[C@H](CCn5cc(CCO)nn5)[C@@H](C(C)(C)O)[C@@H]4C)c4ccccc43)cc2)cc1. The van der Waals surface area contributed by atoms with Crippen molar-refractivity contribution in [2.24, 2.45) is 11.8 Å². The molecule has 1 spiro atoms. The molecule has 1 saturated heterocycles. The molecule has 0 unspecified atom stereocenters. The van der Waals surface area contributed by atoms with Crippen LogP contribution in [0.3, 0.4) is 0 Å². The van der Waals surface area contributed by atoms with Gasteiger partial charge in [0.25, 0.3) is 11.8 Å². The van der Waals surface area contributed by atoms with Gasteiger partial charge in [0, 0.05) is 54.4 Å². The molecule has 6 rings (SSSR count). The lowest BCUT2D eigenvalue weighted by Gasteiger charge is -2.34. The first-order valence-corrected chi connectivity index (χ1v) is 15.9. The zero-order valence-electron chi connectivity index (χ0n) is 27.1. The van der Waals surface area contributed by atoms with Crippen LogP contribution in [0, 0.1) is 11.8 Å². The zero-order valence-corrected chi connectivity index (χ0v) is 27.1. The Morgan fingerprint density at radius 2 is 1.81 bits per heavy atom. The van der Waals surface area contributed by atoms with Crippen molar-refractivity contribution in [3.8, 4) is 5.75 Å². The number of methoxy groups -OCH3 is 1. The minimum atomic E-state index is -1.26. The molecule has 0 aliphatic carbocycles. The van der Waals surface area contributed by atoms with E-state index in [0.29, 0.717) is 48.6 Å². The van der Waals surface area contributed by atoms with Crippen molar-refractivity contribution in [1.82, 2.24) is 15.0 Å². The van der Waals surface area contributed by atoms with Crippen LogP contribution in [-0.4, -0.2) is 62.4 Å². The van der Waals surface area contributed by atoms with Crippen LogP contribution in [0.5, 0.6) is 5.75 Å². The Hall–Kier alpha value is -4.58. The number of carbonyl (C=O) groups is 2. The maximum Gasteiger partial charge on any atom is 0.264 e. The molecule has 2 aliphatic rings. The average molecular weight is 640 g/mol. The van der Waals surface area contributed by atoms with Crippen LogP contribution < -0.4 is 15.0 Å². The van der Waals surface area contributed by atoms with Gasteiger partial charge < -0.3 is 29.9 Å². The molecule has 2 amide bonds. The molecule has 0 saturated carbocycles. The van der Waals surface area contributed by atoms with Gasteiger partial charge in [0.1, 0.15) is 5.75 Å². The smallest absolute Gasteiger partial charge is 0.264 e. The van der Waals surface area contributed by atoms with E-state index < -0.39 is 17.3 Å². The predicted octanol–water partition coefficient (Wildman–Crippen LogP) is 4.33. The molecule has 11 nitrogen and oxygen atoms in total. The fourth-order valence-corrected chi connectivity index (χ4v) is 7.22. The zero-order chi connectivity index (χ0) is 33.3. The van der Waals surface area contributed by atoms with Gasteiger partial charge >= 0.3 is 0 Å². The van der Waals surface area contributed by atoms with E-state index in [2.05, 4.69) is 15.6 Å². The molecule has 1 aromatic heterocycles. The van der Waals surface area contributed by atoms with E-state index >= 15 is 0 Å². The molecule has 11 heteroatoms. The Balaban J connectivity index is 1.22. The number of aliphatic hydroxyl groups excluding tert-OH is 1. The van der Waals surface area contributed by atoms with Crippen molar-refractivity contribution in [1.29, 1.82) is 0 Å². The number of aromatic nitrogens is 3. The van der Waals surface area contributed by atoms with Crippen molar-refractivity contribution < 1.29 is 29.3 Å². The summed E-state index contributed by atoms with van der Waals surface area (Å²) in [6.07, 6.45) is 2.31. The van der Waals surface area contributed by atoms with Gasteiger partial charge in [-0.3, -0.25) is 14.3 Å². The van der Waals surface area contributed by atoms with E-state index in [0.717, 1.165) is 16.8 Å². The molecule has 3 N–H and O–H groups in total. The van der Waals surface area contributed by atoms with Crippen molar-refractivity contribution in [2.75, 3.05) is 23.9 Å². The molecule has 1 fully saturated rings. The number of rotatable bonds is 11. The number of benzene rings is 3. The van der Waals surface area contributed by atoms with E-state index in [1.54, 1.807) is 61.0 Å². The molecule has 3 heterocycles. The van der Waals surface area contributed by atoms with Crippen molar-refractivity contribution in [3.63, 3.8) is 0 Å². The number of ether oxygens (including phenoxy) is 2. The van der Waals surface area contributed by atoms with Gasteiger partial charge in [0.15, 0.2) is 5.60 Å². The van der Waals surface area contributed by atoms with Crippen LogP contribution in [0.1, 0.15) is 54.4 Å². The predicted molar refractivity (Wildman–Crippen MR) is 176 cm³/mol. The van der Waals surface area contributed by atoms with Crippen molar-refractivity contribution in [2.45, 2.75) is 64.0 Å². The van der Waals surface area contributed by atoms with Crippen LogP contribution in [-0.2, 0) is 34.6 Å². The minimum Gasteiger partial charge on any atom is -0.497 e. The van der Waals surface area contributed by atoms with E-state index in [-0.39, 0.29) is 30.3 Å². The standard InChI is InChI=1S/C36H41N5O6/c1-23-32(35(2,3)45)31(17-19-40-22-27(18-20-42)38-39-40)47-36(23)29-7-5-6-8-30(29)41(34(36)44)21-24-9-13-26(14-10-24)37-33(43)25-11-15-28(46-4)16-12-25/h5-16,22-23,31-32,42,45H,17-21H2,1-4H3,(H,37,43)/t23-,31+,32-,36+/m0/s1. The second-order valence-electron chi connectivity index (χ2n) is 12.9. The molecule has 4 aromatic rings. The Morgan fingerprint density at radius 1 is 1.09 bits per heavy atom. The highest BCUT2D eigenvalue weighted by molar-refractivity contribution is 6.07. The molecule has 4 atom stereocenters. The fraction of sp³-hybridized carbons (Fsp3) is 0.389. The number of fused-ring (bicyclic) bond motifs is 2. The topological polar surface area (TPSA) is 139 Å². The highest BCUT2D eigenvalue weighted by atomic mass is 16.5. The van der Waals surface area contributed by atoms with Crippen LogP contribution in [0.15, 0.2) is 79.0 Å². The number of hydrogen-bond donors (Lipinski definition) is 3. The third-order valence-electron chi connectivity index (χ3n) is 9.39. The fourth-order valence-electron chi connectivity index (χ4n) is 7.22. The summed E-state index contributed by atoms with van der Waals surface area (Å²) in [5.41, 5.74) is 1.93. The normalized spacial score (nSPS) is 22.1. The molecule has 0 radical (unpaired) electrons. The third kappa shape index (κ3) is 6.14. The highest BCUT2D eigenvalue weighted by Gasteiger charge is 2.65. The maximum absolute atomic E-state index is 14.6. The number of carbonyl (C=O) groups excluding carboxylic acids is 2. The number of nitrogens with one attached hydrogen (secondary N) is 1. The summed E-state index contributed by atoms with van der Waals surface area (Å²) in [4.78, 5) is 29.1. The van der Waals surface area contributed by atoms with Gasteiger partial charge in [-0.25, -0.2) is 0 Å². The summed E-state index contributed by atoms with van der Waals surface area (Å²) in [6, 6.07) is 22.0. The van der Waals surface area contributed by atoms with Gasteiger partial charge in [-0.05, 0) is 68.3 Å². The van der Waals surface area contributed by atoms with Gasteiger partial charge in [-0.15, -0.1) is 5.10 Å². The minimum absolute atomic E-state index is 0.00540. The van der Waals surface area contributed by atoms with Gasteiger partial charge in [-0.2, -0.15) is 0 Å². The second kappa shape index (κ2) is 12.9. The van der Waals surface area contributed by atoms with E-state index in [4.69, 9.17) is 9.47 Å². The van der Waals surface area contributed by atoms with Crippen LogP contribution in [0.2, 0.25) is 0 Å². The van der Waals surface area contributed by atoms with E-state index in [9.17, 15) is 19.8 Å². The number of hydrogen-bond acceptors (Lipinski definition) is 8. The molecular weight excluding hydrogens is 598 g/mol. The lowest BCUT2D eigenvalue weighted by molar-refractivity contribution is -0.146.